The Kier molecular flexibility index (Phi) is 11.6. The fourth-order valence-corrected chi connectivity index (χ4v) is 3.90. The number of ether oxygens (including phenoxy) is 3. The van der Waals surface area contributed by atoms with Crippen LogP contribution in [0.25, 0.3) is 22.5 Å². The van der Waals surface area contributed by atoms with Crippen LogP contribution in [0, 0.1) is 0 Å². The average molecular weight is 505 g/mol. The maximum atomic E-state index is 12.2. The Labute approximate surface area is 221 Å². The quantitative estimate of drug-likeness (QED) is 0.163. The lowest BCUT2D eigenvalue weighted by molar-refractivity contribution is -0.162. The third-order valence-corrected chi connectivity index (χ3v) is 6.10. The lowest BCUT2D eigenvalue weighted by Crippen LogP contribution is -2.30. The van der Waals surface area contributed by atoms with Crippen LogP contribution in [0.1, 0.15) is 65.4 Å². The smallest absolute Gasteiger partial charge is 0.335 e. The van der Waals surface area contributed by atoms with E-state index >= 15 is 0 Å². The molecule has 0 radical (unpaired) electrons. The predicted octanol–water partition coefficient (Wildman–Crippen LogP) is 7.06. The minimum Gasteiger partial charge on any atom is -0.486 e. The molecule has 6 nitrogen and oxygen atoms in total. The molecule has 1 unspecified atom stereocenters. The Balaban J connectivity index is 1.45. The van der Waals surface area contributed by atoms with Crippen molar-refractivity contribution in [3.05, 3.63) is 66.5 Å². The molecule has 37 heavy (non-hydrogen) atoms. The summed E-state index contributed by atoms with van der Waals surface area (Å²) in [5, 5.41) is 0. The van der Waals surface area contributed by atoms with Gasteiger partial charge in [0.2, 0.25) is 0 Å². The standard InChI is InChI=1S/C31H40N2O4/c1-5-7-8-9-19-35-24(4)31(34)37-23(3)22-36-29-20-32-30(33-21-29)28-17-15-27(16-18-28)26-13-11-25(10-6-2)12-14-26/h11-18,20-21,23-24H,5-10,19,22H2,1-4H3/t23-,24?/m0/s1. The van der Waals surface area contributed by atoms with Crippen molar-refractivity contribution in [2.24, 2.45) is 0 Å². The van der Waals surface area contributed by atoms with Crippen molar-refractivity contribution in [1.29, 1.82) is 0 Å². The van der Waals surface area contributed by atoms with E-state index in [2.05, 4.69) is 60.2 Å². The summed E-state index contributed by atoms with van der Waals surface area (Å²) in [5.74, 6) is 0.774. The largest absolute Gasteiger partial charge is 0.486 e. The number of benzene rings is 2. The Hall–Kier alpha value is -3.25. The molecule has 0 bridgehead atoms. The molecule has 0 aliphatic carbocycles. The number of carbonyl (C=O) groups is 1. The third kappa shape index (κ3) is 9.29. The summed E-state index contributed by atoms with van der Waals surface area (Å²) in [4.78, 5) is 21.1. The molecule has 6 heteroatoms. The first-order chi connectivity index (χ1) is 18.0. The highest BCUT2D eigenvalue weighted by Gasteiger charge is 2.18. The van der Waals surface area contributed by atoms with Crippen molar-refractivity contribution >= 4 is 5.97 Å². The number of aryl methyl sites for hydroxylation is 1. The fraction of sp³-hybridized carbons (Fsp3) is 0.452. The summed E-state index contributed by atoms with van der Waals surface area (Å²) in [6.07, 6.45) is 8.96. The number of rotatable bonds is 15. The molecule has 0 spiro atoms. The van der Waals surface area contributed by atoms with Crippen LogP contribution in [-0.4, -0.2) is 41.4 Å². The van der Waals surface area contributed by atoms with Crippen LogP contribution in [0.15, 0.2) is 60.9 Å². The first kappa shape index (κ1) is 28.3. The molecule has 3 rings (SSSR count). The van der Waals surface area contributed by atoms with Gasteiger partial charge in [0.1, 0.15) is 12.7 Å². The van der Waals surface area contributed by atoms with Crippen LogP contribution in [-0.2, 0) is 20.7 Å². The Morgan fingerprint density at radius 1 is 0.811 bits per heavy atom. The molecule has 0 aliphatic heterocycles. The second-order valence-corrected chi connectivity index (χ2v) is 9.40. The van der Waals surface area contributed by atoms with Crippen LogP contribution in [0.5, 0.6) is 5.75 Å². The van der Waals surface area contributed by atoms with E-state index in [9.17, 15) is 4.79 Å². The van der Waals surface area contributed by atoms with Crippen LogP contribution in [0.3, 0.4) is 0 Å². The molecule has 0 saturated heterocycles. The first-order valence-corrected chi connectivity index (χ1v) is 13.5. The number of aromatic nitrogens is 2. The minimum atomic E-state index is -0.585. The van der Waals surface area contributed by atoms with Crippen molar-refractivity contribution in [2.75, 3.05) is 13.2 Å². The molecule has 2 atom stereocenters. The molecule has 0 saturated carbocycles. The maximum Gasteiger partial charge on any atom is 0.335 e. The molecule has 1 aromatic heterocycles. The normalized spacial score (nSPS) is 12.6. The van der Waals surface area contributed by atoms with Crippen molar-refractivity contribution < 1.29 is 19.0 Å². The fourth-order valence-electron chi connectivity index (χ4n) is 3.90. The van der Waals surface area contributed by atoms with E-state index in [0.29, 0.717) is 18.2 Å². The van der Waals surface area contributed by atoms with Crippen molar-refractivity contribution in [1.82, 2.24) is 9.97 Å². The second-order valence-electron chi connectivity index (χ2n) is 9.40. The van der Waals surface area contributed by atoms with E-state index in [4.69, 9.17) is 14.2 Å². The van der Waals surface area contributed by atoms with Crippen molar-refractivity contribution in [3.63, 3.8) is 0 Å². The van der Waals surface area contributed by atoms with E-state index in [1.165, 1.54) is 24.0 Å². The molecule has 2 aromatic carbocycles. The van der Waals surface area contributed by atoms with Crippen LogP contribution in [0.4, 0.5) is 0 Å². The zero-order chi connectivity index (χ0) is 26.5. The van der Waals surface area contributed by atoms with Gasteiger partial charge in [-0.3, -0.25) is 0 Å². The number of unbranched alkanes of at least 4 members (excludes halogenated alkanes) is 3. The molecular formula is C31H40N2O4. The second kappa shape index (κ2) is 15.1. The van der Waals surface area contributed by atoms with Crippen LogP contribution < -0.4 is 4.74 Å². The van der Waals surface area contributed by atoms with E-state index in [-0.39, 0.29) is 12.6 Å². The highest BCUT2D eigenvalue weighted by molar-refractivity contribution is 5.74. The van der Waals surface area contributed by atoms with E-state index in [1.54, 1.807) is 26.2 Å². The molecule has 1 heterocycles. The lowest BCUT2D eigenvalue weighted by Gasteiger charge is -2.17. The number of nitrogens with zero attached hydrogens (tertiary/aromatic N) is 2. The molecular weight excluding hydrogens is 464 g/mol. The molecule has 0 aliphatic rings. The van der Waals surface area contributed by atoms with Crippen LogP contribution in [0.2, 0.25) is 0 Å². The number of carbonyl (C=O) groups excluding carboxylic acids is 1. The molecule has 198 valence electrons. The van der Waals surface area contributed by atoms with Crippen molar-refractivity contribution in [2.45, 2.75) is 78.4 Å². The molecule has 0 amide bonds. The Morgan fingerprint density at radius 3 is 2.05 bits per heavy atom. The Bertz CT molecular complexity index is 1070. The van der Waals surface area contributed by atoms with Gasteiger partial charge in [-0.25, -0.2) is 14.8 Å². The van der Waals surface area contributed by atoms with Crippen LogP contribution >= 0.6 is 0 Å². The van der Waals surface area contributed by atoms with E-state index in [0.717, 1.165) is 36.8 Å². The maximum absolute atomic E-state index is 12.2. The zero-order valence-corrected chi connectivity index (χ0v) is 22.6. The Morgan fingerprint density at radius 2 is 1.43 bits per heavy atom. The summed E-state index contributed by atoms with van der Waals surface area (Å²) >= 11 is 0. The predicted molar refractivity (Wildman–Crippen MR) is 148 cm³/mol. The first-order valence-electron chi connectivity index (χ1n) is 13.5. The van der Waals surface area contributed by atoms with E-state index in [1.807, 2.05) is 12.1 Å². The van der Waals surface area contributed by atoms with Gasteiger partial charge in [0.25, 0.3) is 0 Å². The minimum absolute atomic E-state index is 0.212. The molecule has 3 aromatic rings. The monoisotopic (exact) mass is 504 g/mol. The summed E-state index contributed by atoms with van der Waals surface area (Å²) in [5.41, 5.74) is 4.65. The van der Waals surface area contributed by atoms with Gasteiger partial charge in [-0.15, -0.1) is 0 Å². The molecule has 0 N–H and O–H groups in total. The summed E-state index contributed by atoms with van der Waals surface area (Å²) < 4.78 is 16.7. The SMILES string of the molecule is CCCCCCOC(C)C(=O)O[C@@H](C)COc1cnc(-c2ccc(-c3ccc(CCC)cc3)cc2)nc1. The third-order valence-electron chi connectivity index (χ3n) is 6.10. The van der Waals surface area contributed by atoms with E-state index < -0.39 is 12.2 Å². The van der Waals surface area contributed by atoms with Gasteiger partial charge in [0.05, 0.1) is 12.4 Å². The average Bonchev–Trinajstić information content (AvgIpc) is 2.92. The van der Waals surface area contributed by atoms with Gasteiger partial charge in [-0.1, -0.05) is 88.1 Å². The van der Waals surface area contributed by atoms with Gasteiger partial charge >= 0.3 is 5.97 Å². The summed E-state index contributed by atoms with van der Waals surface area (Å²) in [6, 6.07) is 17.0. The number of esters is 1. The van der Waals surface area contributed by atoms with Crippen molar-refractivity contribution in [3.8, 4) is 28.3 Å². The van der Waals surface area contributed by atoms with Gasteiger partial charge in [0, 0.05) is 12.2 Å². The van der Waals surface area contributed by atoms with Gasteiger partial charge in [-0.2, -0.15) is 0 Å². The number of hydrogen-bond acceptors (Lipinski definition) is 6. The van der Waals surface area contributed by atoms with Gasteiger partial charge in [-0.05, 0) is 43.4 Å². The summed E-state index contributed by atoms with van der Waals surface area (Å²) in [7, 11) is 0. The highest BCUT2D eigenvalue weighted by atomic mass is 16.6. The molecule has 0 fully saturated rings. The van der Waals surface area contributed by atoms with Gasteiger partial charge < -0.3 is 14.2 Å². The van der Waals surface area contributed by atoms with Gasteiger partial charge in [0.15, 0.2) is 17.7 Å². The number of hydrogen-bond donors (Lipinski definition) is 0. The topological polar surface area (TPSA) is 70.5 Å². The zero-order valence-electron chi connectivity index (χ0n) is 22.6. The highest BCUT2D eigenvalue weighted by Crippen LogP contribution is 2.24. The summed E-state index contributed by atoms with van der Waals surface area (Å²) in [6.45, 7) is 8.65. The lowest BCUT2D eigenvalue weighted by atomic mass is 10.0.